The number of hydrogen-bond donors (Lipinski definition) is 1. The average Bonchev–Trinajstić information content (AvgIpc) is 1.82. The first-order chi connectivity index (χ1) is 4.18. The van der Waals surface area contributed by atoms with E-state index in [4.69, 9.17) is 0 Å². The van der Waals surface area contributed by atoms with Crippen molar-refractivity contribution in [3.05, 3.63) is 12.2 Å². The van der Waals surface area contributed by atoms with Gasteiger partial charge in [-0.1, -0.05) is 13.5 Å². The van der Waals surface area contributed by atoms with Gasteiger partial charge in [-0.25, -0.2) is 0 Å². The molecule has 0 aromatic heterocycles. The Bertz CT molecular complexity index is 118. The summed E-state index contributed by atoms with van der Waals surface area (Å²) >= 11 is 0. The molecule has 2 heteroatoms. The Morgan fingerprint density at radius 1 is 1.67 bits per heavy atom. The second-order valence-electron chi connectivity index (χ2n) is 1.98. The van der Waals surface area contributed by atoms with E-state index in [2.05, 4.69) is 11.9 Å². The Kier molecular flexibility index (Phi) is 3.97. The monoisotopic (exact) mass is 127 g/mol. The molecule has 0 aromatic rings. The van der Waals surface area contributed by atoms with Crippen molar-refractivity contribution < 1.29 is 4.79 Å². The summed E-state index contributed by atoms with van der Waals surface area (Å²) in [6.45, 7) is 8.46. The molecular formula is C7H13NO. The van der Waals surface area contributed by atoms with E-state index in [-0.39, 0.29) is 5.78 Å². The molecule has 0 aliphatic carbocycles. The van der Waals surface area contributed by atoms with Crippen LogP contribution in [0.2, 0.25) is 0 Å². The number of carbonyl (C=O) groups is 1. The number of hydrogen-bond acceptors (Lipinski definition) is 2. The third kappa shape index (κ3) is 3.91. The third-order valence-corrected chi connectivity index (χ3v) is 1.01. The first-order valence-corrected chi connectivity index (χ1v) is 3.08. The molecule has 0 unspecified atom stereocenters. The summed E-state index contributed by atoms with van der Waals surface area (Å²) in [4.78, 5) is 10.7. The van der Waals surface area contributed by atoms with Gasteiger partial charge in [-0.3, -0.25) is 4.79 Å². The number of nitrogens with one attached hydrogen (secondary N) is 1. The predicted molar refractivity (Wildman–Crippen MR) is 38.4 cm³/mol. The van der Waals surface area contributed by atoms with Crippen LogP contribution in [0.15, 0.2) is 12.2 Å². The van der Waals surface area contributed by atoms with Crippen molar-refractivity contribution in [2.24, 2.45) is 0 Å². The first kappa shape index (κ1) is 8.37. The van der Waals surface area contributed by atoms with Gasteiger partial charge in [0.25, 0.3) is 0 Å². The Labute approximate surface area is 56.0 Å². The molecule has 9 heavy (non-hydrogen) atoms. The summed E-state index contributed by atoms with van der Waals surface area (Å²) in [6.07, 6.45) is 0. The molecule has 0 saturated carbocycles. The van der Waals surface area contributed by atoms with Crippen LogP contribution in [-0.4, -0.2) is 18.9 Å². The SMILES string of the molecule is C=C(C)C(=O)CNCC. The zero-order valence-electron chi connectivity index (χ0n) is 6.03. The van der Waals surface area contributed by atoms with Crippen molar-refractivity contribution in [1.82, 2.24) is 5.32 Å². The third-order valence-electron chi connectivity index (χ3n) is 1.01. The van der Waals surface area contributed by atoms with Gasteiger partial charge in [-0.2, -0.15) is 0 Å². The molecule has 0 atom stereocenters. The van der Waals surface area contributed by atoms with Crippen LogP contribution >= 0.6 is 0 Å². The molecule has 2 nitrogen and oxygen atoms in total. The molecule has 0 saturated heterocycles. The lowest BCUT2D eigenvalue weighted by Gasteiger charge is -1.97. The zero-order chi connectivity index (χ0) is 7.28. The maximum Gasteiger partial charge on any atom is 0.171 e. The average molecular weight is 127 g/mol. The number of rotatable bonds is 4. The fourth-order valence-electron chi connectivity index (χ4n) is 0.389. The van der Waals surface area contributed by atoms with E-state index in [0.29, 0.717) is 12.1 Å². The minimum absolute atomic E-state index is 0.0943. The summed E-state index contributed by atoms with van der Waals surface area (Å²) in [5, 5.41) is 2.92. The van der Waals surface area contributed by atoms with Gasteiger partial charge >= 0.3 is 0 Å². The maximum atomic E-state index is 10.7. The van der Waals surface area contributed by atoms with Crippen molar-refractivity contribution in [3.8, 4) is 0 Å². The fourth-order valence-corrected chi connectivity index (χ4v) is 0.389. The van der Waals surface area contributed by atoms with Crippen LogP contribution < -0.4 is 5.32 Å². The van der Waals surface area contributed by atoms with Crippen molar-refractivity contribution in [3.63, 3.8) is 0 Å². The molecule has 0 aliphatic rings. The molecule has 0 aliphatic heterocycles. The summed E-state index contributed by atoms with van der Waals surface area (Å²) in [6, 6.07) is 0. The van der Waals surface area contributed by atoms with Gasteiger partial charge in [0.2, 0.25) is 0 Å². The second-order valence-corrected chi connectivity index (χ2v) is 1.98. The number of likely N-dealkylation sites (N-methyl/N-ethyl adjacent to an activating group) is 1. The summed E-state index contributed by atoms with van der Waals surface area (Å²) in [5.74, 6) is 0.0943. The predicted octanol–water partition coefficient (Wildman–Crippen LogP) is 0.741. The summed E-state index contributed by atoms with van der Waals surface area (Å²) < 4.78 is 0. The van der Waals surface area contributed by atoms with Gasteiger partial charge in [0.15, 0.2) is 5.78 Å². The molecule has 0 rings (SSSR count). The molecule has 0 radical (unpaired) electrons. The zero-order valence-corrected chi connectivity index (χ0v) is 6.03. The molecular weight excluding hydrogens is 114 g/mol. The van der Waals surface area contributed by atoms with E-state index in [0.717, 1.165) is 6.54 Å². The lowest BCUT2D eigenvalue weighted by Crippen LogP contribution is -2.22. The van der Waals surface area contributed by atoms with E-state index in [9.17, 15) is 4.79 Å². The van der Waals surface area contributed by atoms with Gasteiger partial charge in [0, 0.05) is 0 Å². The highest BCUT2D eigenvalue weighted by Gasteiger charge is 1.97. The normalized spacial score (nSPS) is 9.11. The van der Waals surface area contributed by atoms with Gasteiger partial charge in [0.1, 0.15) is 0 Å². The Balaban J connectivity index is 3.39. The quantitative estimate of drug-likeness (QED) is 0.564. The molecule has 52 valence electrons. The lowest BCUT2D eigenvalue weighted by atomic mass is 10.2. The van der Waals surface area contributed by atoms with Crippen molar-refractivity contribution in [2.45, 2.75) is 13.8 Å². The number of carbonyl (C=O) groups excluding carboxylic acids is 1. The van der Waals surface area contributed by atoms with Crippen LogP contribution in [0.1, 0.15) is 13.8 Å². The molecule has 0 heterocycles. The summed E-state index contributed by atoms with van der Waals surface area (Å²) in [5.41, 5.74) is 0.621. The highest BCUT2D eigenvalue weighted by molar-refractivity contribution is 5.95. The van der Waals surface area contributed by atoms with Gasteiger partial charge in [-0.05, 0) is 19.0 Å². The van der Waals surface area contributed by atoms with Crippen molar-refractivity contribution >= 4 is 5.78 Å². The van der Waals surface area contributed by atoms with E-state index in [1.54, 1.807) is 6.92 Å². The largest absolute Gasteiger partial charge is 0.310 e. The van der Waals surface area contributed by atoms with Crippen LogP contribution in [0, 0.1) is 0 Å². The second kappa shape index (κ2) is 4.27. The van der Waals surface area contributed by atoms with Crippen LogP contribution in [0.25, 0.3) is 0 Å². The van der Waals surface area contributed by atoms with Crippen LogP contribution in [0.5, 0.6) is 0 Å². The standard InChI is InChI=1S/C7H13NO/c1-4-8-5-7(9)6(2)3/h8H,2,4-5H2,1,3H3. The molecule has 0 aromatic carbocycles. The summed E-state index contributed by atoms with van der Waals surface area (Å²) in [7, 11) is 0. The minimum Gasteiger partial charge on any atom is -0.310 e. The van der Waals surface area contributed by atoms with Gasteiger partial charge in [-0.15, -0.1) is 0 Å². The van der Waals surface area contributed by atoms with E-state index in [1.807, 2.05) is 6.92 Å². The molecule has 0 spiro atoms. The van der Waals surface area contributed by atoms with Crippen LogP contribution in [0.4, 0.5) is 0 Å². The van der Waals surface area contributed by atoms with E-state index in [1.165, 1.54) is 0 Å². The minimum atomic E-state index is 0.0943. The molecule has 0 bridgehead atoms. The van der Waals surface area contributed by atoms with Gasteiger partial charge < -0.3 is 5.32 Å². The van der Waals surface area contributed by atoms with Gasteiger partial charge in [0.05, 0.1) is 6.54 Å². The fraction of sp³-hybridized carbons (Fsp3) is 0.571. The van der Waals surface area contributed by atoms with E-state index >= 15 is 0 Å². The number of ketones is 1. The Morgan fingerprint density at radius 3 is 2.56 bits per heavy atom. The molecule has 0 amide bonds. The van der Waals surface area contributed by atoms with Crippen molar-refractivity contribution in [2.75, 3.05) is 13.1 Å². The molecule has 1 N–H and O–H groups in total. The van der Waals surface area contributed by atoms with Crippen LogP contribution in [0.3, 0.4) is 0 Å². The highest BCUT2D eigenvalue weighted by Crippen LogP contribution is 1.86. The smallest absolute Gasteiger partial charge is 0.171 e. The maximum absolute atomic E-state index is 10.7. The van der Waals surface area contributed by atoms with Crippen molar-refractivity contribution in [1.29, 1.82) is 0 Å². The van der Waals surface area contributed by atoms with Crippen LogP contribution in [-0.2, 0) is 4.79 Å². The first-order valence-electron chi connectivity index (χ1n) is 3.08. The molecule has 0 fully saturated rings. The van der Waals surface area contributed by atoms with E-state index < -0.39 is 0 Å². The Morgan fingerprint density at radius 2 is 2.22 bits per heavy atom. The highest BCUT2D eigenvalue weighted by atomic mass is 16.1. The number of Topliss-reactive ketones (excluding diaryl/α,β-unsaturated/α-hetero) is 1. The Hall–Kier alpha value is -0.630. The lowest BCUT2D eigenvalue weighted by molar-refractivity contribution is -0.114. The topological polar surface area (TPSA) is 29.1 Å².